The molecule has 9 heteroatoms. The third-order valence-electron chi connectivity index (χ3n) is 6.24. The van der Waals surface area contributed by atoms with E-state index in [1.807, 2.05) is 45.4 Å². The smallest absolute Gasteiger partial charge is 0.260 e. The molecular formula is C24H31N5O3S. The number of rotatable bonds is 6. The number of hydrogen-bond acceptors (Lipinski definition) is 5. The first-order valence-electron chi connectivity index (χ1n) is 11.5. The number of pyridine rings is 1. The quantitative estimate of drug-likeness (QED) is 0.546. The minimum atomic E-state index is -3.55. The fourth-order valence-corrected chi connectivity index (χ4v) is 5.97. The van der Waals surface area contributed by atoms with Crippen molar-refractivity contribution in [3.8, 4) is 0 Å². The van der Waals surface area contributed by atoms with Gasteiger partial charge in [-0.05, 0) is 63.4 Å². The molecule has 33 heavy (non-hydrogen) atoms. The second-order valence-corrected chi connectivity index (χ2v) is 10.6. The third kappa shape index (κ3) is 4.04. The highest BCUT2D eigenvalue weighted by molar-refractivity contribution is 7.89. The molecule has 4 rings (SSSR count). The molecule has 0 N–H and O–H groups in total. The zero-order valence-corrected chi connectivity index (χ0v) is 20.7. The molecule has 3 aromatic rings. The Bertz CT molecular complexity index is 1310. The van der Waals surface area contributed by atoms with Crippen LogP contribution in [0.2, 0.25) is 0 Å². The van der Waals surface area contributed by atoms with Gasteiger partial charge >= 0.3 is 0 Å². The molecule has 2 aromatic heterocycles. The Hall–Kier alpha value is -2.78. The topological polar surface area (TPSA) is 88.4 Å². The Morgan fingerprint density at radius 2 is 1.91 bits per heavy atom. The van der Waals surface area contributed by atoms with Gasteiger partial charge in [0.15, 0.2) is 5.65 Å². The Balaban J connectivity index is 1.71. The van der Waals surface area contributed by atoms with Gasteiger partial charge in [-0.2, -0.15) is 9.40 Å². The molecule has 0 saturated carbocycles. The standard InChI is InChI=1S/C24H31N5O3S/c1-6-27(7-2)33(31,32)20-10-11-22-18(13-20)9-8-12-28(22)24(30)21-14-19-15-25-29(16(3)4)23(19)26-17(21)5/h10-11,13-16H,6-9,12H2,1-5H3. The lowest BCUT2D eigenvalue weighted by atomic mass is 10.0. The van der Waals surface area contributed by atoms with Gasteiger partial charge in [0.2, 0.25) is 10.0 Å². The van der Waals surface area contributed by atoms with Gasteiger partial charge in [-0.15, -0.1) is 0 Å². The molecule has 1 aromatic carbocycles. The van der Waals surface area contributed by atoms with Crippen molar-refractivity contribution < 1.29 is 13.2 Å². The number of carbonyl (C=O) groups is 1. The van der Waals surface area contributed by atoms with Crippen molar-refractivity contribution in [2.75, 3.05) is 24.5 Å². The molecule has 0 atom stereocenters. The van der Waals surface area contributed by atoms with E-state index in [2.05, 4.69) is 10.1 Å². The highest BCUT2D eigenvalue weighted by atomic mass is 32.2. The number of sulfonamides is 1. The van der Waals surface area contributed by atoms with Crippen molar-refractivity contribution in [1.29, 1.82) is 0 Å². The second-order valence-electron chi connectivity index (χ2n) is 8.66. The maximum atomic E-state index is 13.6. The molecule has 1 aliphatic heterocycles. The van der Waals surface area contributed by atoms with Crippen LogP contribution in [0.5, 0.6) is 0 Å². The van der Waals surface area contributed by atoms with Gasteiger partial charge in [0.25, 0.3) is 5.91 Å². The summed E-state index contributed by atoms with van der Waals surface area (Å²) in [6.07, 6.45) is 3.25. The summed E-state index contributed by atoms with van der Waals surface area (Å²) in [7, 11) is -3.55. The van der Waals surface area contributed by atoms with Crippen molar-refractivity contribution in [1.82, 2.24) is 19.1 Å². The summed E-state index contributed by atoms with van der Waals surface area (Å²) in [4.78, 5) is 20.3. The van der Waals surface area contributed by atoms with Crippen molar-refractivity contribution >= 4 is 32.7 Å². The van der Waals surface area contributed by atoms with Crippen molar-refractivity contribution in [2.24, 2.45) is 0 Å². The molecule has 1 amide bonds. The van der Waals surface area contributed by atoms with Gasteiger partial charge in [0, 0.05) is 36.7 Å². The summed E-state index contributed by atoms with van der Waals surface area (Å²) in [6.45, 7) is 11.0. The molecular weight excluding hydrogens is 438 g/mol. The number of carbonyl (C=O) groups excluding carboxylic acids is 1. The number of amides is 1. The number of aryl methyl sites for hydroxylation is 2. The first kappa shape index (κ1) is 23.4. The van der Waals surface area contributed by atoms with Crippen LogP contribution < -0.4 is 4.90 Å². The lowest BCUT2D eigenvalue weighted by Gasteiger charge is -2.30. The van der Waals surface area contributed by atoms with E-state index in [1.54, 1.807) is 29.3 Å². The van der Waals surface area contributed by atoms with Crippen molar-refractivity contribution in [3.05, 3.63) is 47.3 Å². The zero-order valence-electron chi connectivity index (χ0n) is 19.9. The molecule has 0 unspecified atom stereocenters. The Kier molecular flexibility index (Phi) is 6.28. The lowest BCUT2D eigenvalue weighted by molar-refractivity contribution is 0.0984. The van der Waals surface area contributed by atoms with Crippen LogP contribution in [0.15, 0.2) is 35.4 Å². The summed E-state index contributed by atoms with van der Waals surface area (Å²) in [5.41, 5.74) is 3.61. The molecule has 1 aliphatic rings. The first-order valence-corrected chi connectivity index (χ1v) is 12.9. The second kappa shape index (κ2) is 8.87. The fraction of sp³-hybridized carbons (Fsp3) is 0.458. The van der Waals surface area contributed by atoms with Crippen LogP contribution in [-0.4, -0.2) is 53.0 Å². The highest BCUT2D eigenvalue weighted by Gasteiger charge is 2.28. The SMILES string of the molecule is CCN(CC)S(=O)(=O)c1ccc2c(c1)CCCN2C(=O)c1cc2cnn(C(C)C)c2nc1C. The minimum absolute atomic E-state index is 0.125. The van der Waals surface area contributed by atoms with Crippen LogP contribution >= 0.6 is 0 Å². The van der Waals surface area contributed by atoms with Gasteiger partial charge < -0.3 is 4.90 Å². The van der Waals surface area contributed by atoms with E-state index >= 15 is 0 Å². The van der Waals surface area contributed by atoms with E-state index < -0.39 is 10.0 Å². The van der Waals surface area contributed by atoms with Gasteiger partial charge in [-0.3, -0.25) is 4.79 Å². The summed E-state index contributed by atoms with van der Waals surface area (Å²) in [5, 5.41) is 5.24. The van der Waals surface area contributed by atoms with E-state index in [-0.39, 0.29) is 16.8 Å². The van der Waals surface area contributed by atoms with Gasteiger partial charge in [0.05, 0.1) is 22.3 Å². The summed E-state index contributed by atoms with van der Waals surface area (Å²) in [6, 6.07) is 7.13. The first-order chi connectivity index (χ1) is 15.7. The lowest BCUT2D eigenvalue weighted by Crippen LogP contribution is -2.36. The zero-order chi connectivity index (χ0) is 23.9. The van der Waals surface area contributed by atoms with Gasteiger partial charge in [-0.1, -0.05) is 13.8 Å². The molecule has 0 spiro atoms. The predicted molar refractivity (Wildman–Crippen MR) is 129 cm³/mol. The monoisotopic (exact) mass is 469 g/mol. The normalized spacial score (nSPS) is 14.3. The molecule has 0 aliphatic carbocycles. The van der Waals surface area contributed by atoms with E-state index in [9.17, 15) is 13.2 Å². The average Bonchev–Trinajstić information content (AvgIpc) is 3.20. The van der Waals surface area contributed by atoms with E-state index in [1.165, 1.54) is 4.31 Å². The van der Waals surface area contributed by atoms with Crippen molar-refractivity contribution in [2.45, 2.75) is 58.4 Å². The average molecular weight is 470 g/mol. The number of anilines is 1. The van der Waals surface area contributed by atoms with Crippen LogP contribution in [0.3, 0.4) is 0 Å². The fourth-order valence-electron chi connectivity index (χ4n) is 4.46. The Morgan fingerprint density at radius 3 is 2.58 bits per heavy atom. The summed E-state index contributed by atoms with van der Waals surface area (Å²) >= 11 is 0. The molecule has 0 bridgehead atoms. The maximum Gasteiger partial charge on any atom is 0.260 e. The molecule has 0 radical (unpaired) electrons. The van der Waals surface area contributed by atoms with Crippen LogP contribution in [0.4, 0.5) is 5.69 Å². The van der Waals surface area contributed by atoms with Crippen LogP contribution in [-0.2, 0) is 16.4 Å². The van der Waals surface area contributed by atoms with Gasteiger partial charge in [0.1, 0.15) is 0 Å². The van der Waals surface area contributed by atoms with E-state index in [0.29, 0.717) is 30.9 Å². The molecule has 3 heterocycles. The molecule has 176 valence electrons. The number of nitrogens with zero attached hydrogens (tertiary/aromatic N) is 5. The number of aromatic nitrogens is 3. The Labute approximate surface area is 195 Å². The number of hydrogen-bond donors (Lipinski definition) is 0. The van der Waals surface area contributed by atoms with Crippen LogP contribution in [0, 0.1) is 6.92 Å². The van der Waals surface area contributed by atoms with E-state index in [0.717, 1.165) is 35.1 Å². The van der Waals surface area contributed by atoms with Crippen LogP contribution in [0.1, 0.15) is 61.8 Å². The number of benzene rings is 1. The van der Waals surface area contributed by atoms with E-state index in [4.69, 9.17) is 0 Å². The van der Waals surface area contributed by atoms with Crippen LogP contribution in [0.25, 0.3) is 11.0 Å². The number of fused-ring (bicyclic) bond motifs is 2. The molecule has 0 saturated heterocycles. The molecule has 8 nitrogen and oxygen atoms in total. The largest absolute Gasteiger partial charge is 0.308 e. The predicted octanol–water partition coefficient (Wildman–Crippen LogP) is 3.94. The summed E-state index contributed by atoms with van der Waals surface area (Å²) in [5.74, 6) is -0.125. The Morgan fingerprint density at radius 1 is 1.18 bits per heavy atom. The van der Waals surface area contributed by atoms with Gasteiger partial charge in [-0.25, -0.2) is 18.1 Å². The van der Waals surface area contributed by atoms with Crippen molar-refractivity contribution in [3.63, 3.8) is 0 Å². The molecule has 0 fully saturated rings. The maximum absolute atomic E-state index is 13.6. The third-order valence-corrected chi connectivity index (χ3v) is 8.28. The highest BCUT2D eigenvalue weighted by Crippen LogP contribution is 2.32. The minimum Gasteiger partial charge on any atom is -0.308 e. The summed E-state index contributed by atoms with van der Waals surface area (Å²) < 4.78 is 29.2.